The van der Waals surface area contributed by atoms with Gasteiger partial charge in [0.05, 0.1) is 11.4 Å². The quantitative estimate of drug-likeness (QED) is 0.656. The lowest BCUT2D eigenvalue weighted by Gasteiger charge is -2.10. The molecule has 0 saturated carbocycles. The molecule has 0 saturated heterocycles. The molecule has 0 spiro atoms. The van der Waals surface area contributed by atoms with Crippen LogP contribution in [-0.2, 0) is 0 Å². The highest BCUT2D eigenvalue weighted by atomic mass is 35.5. The fourth-order valence-corrected chi connectivity index (χ4v) is 2.59. The zero-order chi connectivity index (χ0) is 16.2. The van der Waals surface area contributed by atoms with Crippen molar-refractivity contribution in [2.75, 3.05) is 0 Å². The zero-order valence-corrected chi connectivity index (χ0v) is 13.5. The zero-order valence-electron chi connectivity index (χ0n) is 12.8. The third kappa shape index (κ3) is 2.96. The van der Waals surface area contributed by atoms with E-state index in [-0.39, 0.29) is 0 Å². The van der Waals surface area contributed by atoms with E-state index in [4.69, 9.17) is 16.6 Å². The normalized spacial score (nSPS) is 11.0. The van der Waals surface area contributed by atoms with Crippen LogP contribution in [0.5, 0.6) is 0 Å². The first kappa shape index (κ1) is 15.3. The van der Waals surface area contributed by atoms with E-state index in [0.717, 1.165) is 28.5 Å². The number of allylic oxidation sites excluding steroid dienone is 1. The molecule has 0 amide bonds. The molecule has 114 valence electrons. The predicted molar refractivity (Wildman–Crippen MR) is 96.6 cm³/mol. The van der Waals surface area contributed by atoms with Gasteiger partial charge in [0, 0.05) is 28.7 Å². The maximum atomic E-state index is 6.02. The van der Waals surface area contributed by atoms with Crippen LogP contribution in [-0.4, -0.2) is 14.5 Å². The third-order valence-corrected chi connectivity index (χ3v) is 3.72. The molecule has 4 heteroatoms. The van der Waals surface area contributed by atoms with Crippen LogP contribution in [0.4, 0.5) is 0 Å². The summed E-state index contributed by atoms with van der Waals surface area (Å²) >= 11 is 6.02. The number of halogens is 1. The topological polar surface area (TPSA) is 30.7 Å². The van der Waals surface area contributed by atoms with Gasteiger partial charge in [0.25, 0.3) is 0 Å². The second-order valence-electron chi connectivity index (χ2n) is 4.96. The predicted octanol–water partition coefficient (Wildman–Crippen LogP) is 5.26. The lowest BCUT2D eigenvalue weighted by molar-refractivity contribution is 1.05. The second kappa shape index (κ2) is 6.63. The monoisotopic (exact) mass is 321 g/mol. The summed E-state index contributed by atoms with van der Waals surface area (Å²) in [5, 5.41) is 0.700. The van der Waals surface area contributed by atoms with E-state index < -0.39 is 0 Å². The smallest absolute Gasteiger partial charge is 0.147 e. The Bertz CT molecular complexity index is 846. The van der Waals surface area contributed by atoms with Gasteiger partial charge in [-0.2, -0.15) is 0 Å². The first-order valence-electron chi connectivity index (χ1n) is 7.29. The fourth-order valence-electron chi connectivity index (χ4n) is 2.47. The molecule has 3 rings (SSSR count). The van der Waals surface area contributed by atoms with Crippen molar-refractivity contribution in [2.24, 2.45) is 0 Å². The summed E-state index contributed by atoms with van der Waals surface area (Å²) in [6.45, 7) is 5.92. The summed E-state index contributed by atoms with van der Waals surface area (Å²) in [6, 6.07) is 11.6. The highest BCUT2D eigenvalue weighted by Gasteiger charge is 2.16. The number of aromatic nitrogens is 3. The molecule has 0 aliphatic heterocycles. The molecule has 3 nitrogen and oxygen atoms in total. The summed E-state index contributed by atoms with van der Waals surface area (Å²) in [5.74, 6) is 0.823. The Morgan fingerprint density at radius 3 is 2.57 bits per heavy atom. The van der Waals surface area contributed by atoms with Crippen LogP contribution in [0, 0.1) is 0 Å². The minimum atomic E-state index is 0.700. The van der Waals surface area contributed by atoms with E-state index in [1.165, 1.54) is 0 Å². The first-order valence-corrected chi connectivity index (χ1v) is 7.66. The van der Waals surface area contributed by atoms with E-state index in [0.29, 0.717) is 5.02 Å². The van der Waals surface area contributed by atoms with Crippen molar-refractivity contribution >= 4 is 23.8 Å². The van der Waals surface area contributed by atoms with Crippen LogP contribution >= 0.6 is 11.6 Å². The van der Waals surface area contributed by atoms with Crippen LogP contribution in [0.25, 0.3) is 29.2 Å². The Labute approximate surface area is 140 Å². The van der Waals surface area contributed by atoms with Crippen LogP contribution < -0.4 is 0 Å². The average Bonchev–Trinajstić information content (AvgIpc) is 2.95. The largest absolute Gasteiger partial charge is 0.292 e. The van der Waals surface area contributed by atoms with Gasteiger partial charge in [0.15, 0.2) is 0 Å². The number of benzene rings is 1. The Morgan fingerprint density at radius 2 is 1.96 bits per heavy atom. The van der Waals surface area contributed by atoms with Crippen LogP contribution in [0.1, 0.15) is 18.3 Å². The van der Waals surface area contributed by atoms with E-state index in [1.807, 2.05) is 61.5 Å². The first-order chi connectivity index (χ1) is 11.2. The molecule has 23 heavy (non-hydrogen) atoms. The Morgan fingerprint density at radius 1 is 1.17 bits per heavy atom. The number of hydrogen-bond acceptors (Lipinski definition) is 2. The van der Waals surface area contributed by atoms with Gasteiger partial charge in [-0.25, -0.2) is 4.98 Å². The summed E-state index contributed by atoms with van der Waals surface area (Å²) < 4.78 is 2.07. The molecular weight excluding hydrogens is 306 g/mol. The fraction of sp³-hybridized carbons (Fsp3) is 0.0526. The van der Waals surface area contributed by atoms with Crippen molar-refractivity contribution in [3.63, 3.8) is 0 Å². The lowest BCUT2D eigenvalue weighted by Crippen LogP contribution is -2.00. The summed E-state index contributed by atoms with van der Waals surface area (Å²) in [5.41, 5.74) is 3.73. The number of nitrogens with zero attached hydrogens (tertiary/aromatic N) is 3. The molecule has 0 unspecified atom stereocenters. The minimum absolute atomic E-state index is 0.700. The highest BCUT2D eigenvalue weighted by molar-refractivity contribution is 6.30. The van der Waals surface area contributed by atoms with Crippen LogP contribution in [0.3, 0.4) is 0 Å². The molecule has 0 aliphatic carbocycles. The molecule has 0 radical (unpaired) electrons. The maximum Gasteiger partial charge on any atom is 0.147 e. The molecule has 3 aromatic rings. The molecule has 1 aromatic carbocycles. The number of rotatable bonds is 4. The van der Waals surface area contributed by atoms with Crippen molar-refractivity contribution in [2.45, 2.75) is 6.92 Å². The van der Waals surface area contributed by atoms with Gasteiger partial charge < -0.3 is 0 Å². The van der Waals surface area contributed by atoms with Crippen molar-refractivity contribution in [1.29, 1.82) is 0 Å². The molecule has 2 heterocycles. The van der Waals surface area contributed by atoms with Crippen LogP contribution in [0.2, 0.25) is 5.02 Å². The summed E-state index contributed by atoms with van der Waals surface area (Å²) in [4.78, 5) is 8.97. The number of hydrogen-bond donors (Lipinski definition) is 0. The lowest BCUT2D eigenvalue weighted by atomic mass is 10.2. The summed E-state index contributed by atoms with van der Waals surface area (Å²) in [7, 11) is 0. The SMILES string of the molecule is C=Cc1c(/C=C\C)nc(-c2cccnc2)n1-c1ccc(Cl)cc1. The van der Waals surface area contributed by atoms with Gasteiger partial charge in [-0.1, -0.05) is 24.3 Å². The molecule has 0 bridgehead atoms. The van der Waals surface area contributed by atoms with Gasteiger partial charge in [0.1, 0.15) is 5.82 Å². The average molecular weight is 322 g/mol. The van der Waals surface area contributed by atoms with E-state index in [9.17, 15) is 0 Å². The van der Waals surface area contributed by atoms with Crippen molar-refractivity contribution in [1.82, 2.24) is 14.5 Å². The van der Waals surface area contributed by atoms with E-state index in [1.54, 1.807) is 12.4 Å². The Hall–Kier alpha value is -2.65. The standard InChI is InChI=1S/C19H16ClN3/c1-3-6-17-18(4-2)23(16-10-8-15(20)9-11-16)19(22-17)14-7-5-12-21-13-14/h3-13H,2H2,1H3/b6-3-. The van der Waals surface area contributed by atoms with Crippen LogP contribution in [0.15, 0.2) is 61.4 Å². The molecule has 0 N–H and O–H groups in total. The molecular formula is C19H16ClN3. The second-order valence-corrected chi connectivity index (χ2v) is 5.40. The number of pyridine rings is 1. The van der Waals surface area contributed by atoms with Crippen molar-refractivity contribution < 1.29 is 0 Å². The van der Waals surface area contributed by atoms with Crippen molar-refractivity contribution in [3.05, 3.63) is 77.9 Å². The highest BCUT2D eigenvalue weighted by Crippen LogP contribution is 2.28. The van der Waals surface area contributed by atoms with Gasteiger partial charge in [-0.3, -0.25) is 9.55 Å². The van der Waals surface area contributed by atoms with Gasteiger partial charge >= 0.3 is 0 Å². The Kier molecular flexibility index (Phi) is 4.40. The molecule has 0 aliphatic rings. The van der Waals surface area contributed by atoms with E-state index >= 15 is 0 Å². The maximum absolute atomic E-state index is 6.02. The molecule has 0 atom stereocenters. The number of imidazole rings is 1. The summed E-state index contributed by atoms with van der Waals surface area (Å²) in [6.07, 6.45) is 9.32. The Balaban J connectivity index is 2.30. The van der Waals surface area contributed by atoms with E-state index in [2.05, 4.69) is 16.1 Å². The minimum Gasteiger partial charge on any atom is -0.292 e. The van der Waals surface area contributed by atoms with Gasteiger partial charge in [0.2, 0.25) is 0 Å². The van der Waals surface area contributed by atoms with Gasteiger partial charge in [-0.15, -0.1) is 0 Å². The van der Waals surface area contributed by atoms with Gasteiger partial charge in [-0.05, 0) is 55.5 Å². The molecule has 2 aromatic heterocycles. The third-order valence-electron chi connectivity index (χ3n) is 3.46. The van der Waals surface area contributed by atoms with Crippen molar-refractivity contribution in [3.8, 4) is 17.1 Å². The molecule has 0 fully saturated rings.